The van der Waals surface area contributed by atoms with Crippen LogP contribution in [-0.2, 0) is 39.9 Å². The Kier molecular flexibility index (Phi) is 7.91. The van der Waals surface area contributed by atoms with Gasteiger partial charge in [-0.3, -0.25) is 14.4 Å². The normalized spacial score (nSPS) is 26.9. The van der Waals surface area contributed by atoms with Crippen molar-refractivity contribution in [2.45, 2.75) is 58.0 Å². The van der Waals surface area contributed by atoms with Crippen molar-refractivity contribution in [1.29, 1.82) is 0 Å². The first kappa shape index (κ1) is 21.8. The van der Waals surface area contributed by atoms with Gasteiger partial charge in [0.15, 0.2) is 18.5 Å². The van der Waals surface area contributed by atoms with E-state index in [1.165, 1.54) is 20.8 Å². The molecule has 1 aromatic carbocycles. The highest BCUT2D eigenvalue weighted by Crippen LogP contribution is 2.28. The number of nitrogens with one attached hydrogen (secondary N) is 1. The van der Waals surface area contributed by atoms with E-state index in [1.54, 1.807) is 0 Å². The third-order valence-electron chi connectivity index (χ3n) is 4.06. The van der Waals surface area contributed by atoms with Gasteiger partial charge in [0.2, 0.25) is 5.91 Å². The van der Waals surface area contributed by atoms with Crippen LogP contribution in [-0.4, -0.2) is 60.2 Å². The van der Waals surface area contributed by atoms with Gasteiger partial charge in [0, 0.05) is 20.8 Å². The van der Waals surface area contributed by atoms with E-state index in [0.717, 1.165) is 5.56 Å². The van der Waals surface area contributed by atoms with Gasteiger partial charge in [0.1, 0.15) is 12.1 Å². The van der Waals surface area contributed by atoms with E-state index in [9.17, 15) is 19.5 Å². The van der Waals surface area contributed by atoms with Gasteiger partial charge in [-0.05, 0) is 5.56 Å². The minimum atomic E-state index is -1.11. The number of esters is 2. The summed E-state index contributed by atoms with van der Waals surface area (Å²) in [5.41, 5.74) is 0.861. The molecule has 0 aliphatic carbocycles. The van der Waals surface area contributed by atoms with Crippen molar-refractivity contribution >= 4 is 17.8 Å². The summed E-state index contributed by atoms with van der Waals surface area (Å²) in [7, 11) is 0. The summed E-state index contributed by atoms with van der Waals surface area (Å²) >= 11 is 0. The third kappa shape index (κ3) is 6.01. The second-order valence-electron chi connectivity index (χ2n) is 6.40. The monoisotopic (exact) mass is 395 g/mol. The van der Waals surface area contributed by atoms with Crippen molar-refractivity contribution < 1.29 is 38.4 Å². The van der Waals surface area contributed by atoms with Crippen molar-refractivity contribution in [3.05, 3.63) is 35.9 Å². The van der Waals surface area contributed by atoms with E-state index in [-0.39, 0.29) is 6.61 Å². The molecule has 9 nitrogen and oxygen atoms in total. The SMILES string of the molecule is CC(=O)N[C@@H]1[C@H](OCc2ccccc2)O[C@H](CO)[C@H](OC(C)=O)[C@@H]1OC(C)=O. The summed E-state index contributed by atoms with van der Waals surface area (Å²) in [6.07, 6.45) is -4.26. The molecule has 28 heavy (non-hydrogen) atoms. The maximum absolute atomic E-state index is 11.7. The fraction of sp³-hybridized carbons (Fsp3) is 0.526. The number of benzene rings is 1. The zero-order valence-corrected chi connectivity index (χ0v) is 16.0. The Labute approximate surface area is 162 Å². The highest BCUT2D eigenvalue weighted by atomic mass is 16.7. The first-order chi connectivity index (χ1) is 13.3. The molecule has 0 saturated carbocycles. The molecule has 1 aliphatic heterocycles. The Bertz CT molecular complexity index is 680. The first-order valence-corrected chi connectivity index (χ1v) is 8.85. The molecular weight excluding hydrogens is 370 g/mol. The number of aliphatic hydroxyl groups excluding tert-OH is 1. The molecule has 0 aromatic heterocycles. The lowest BCUT2D eigenvalue weighted by Crippen LogP contribution is -2.66. The highest BCUT2D eigenvalue weighted by Gasteiger charge is 2.50. The quantitative estimate of drug-likeness (QED) is 0.632. The predicted octanol–water partition coefficient (Wildman–Crippen LogP) is 0.288. The highest BCUT2D eigenvalue weighted by molar-refractivity contribution is 5.73. The lowest BCUT2D eigenvalue weighted by molar-refractivity contribution is -0.279. The Morgan fingerprint density at radius 2 is 1.64 bits per heavy atom. The summed E-state index contributed by atoms with van der Waals surface area (Å²) < 4.78 is 22.1. The smallest absolute Gasteiger partial charge is 0.303 e. The fourth-order valence-corrected chi connectivity index (χ4v) is 3.00. The second kappa shape index (κ2) is 10.2. The standard InChI is InChI=1S/C19H25NO8/c1-11(22)20-16-18(27-13(3)24)17(26-12(2)23)15(9-21)28-19(16)25-10-14-7-5-4-6-8-14/h4-8,15-19,21H,9-10H2,1-3H3,(H,20,22)/t15-,16+,17+,18-,19-/m1/s1. The number of hydrogen-bond acceptors (Lipinski definition) is 8. The molecule has 1 aromatic rings. The van der Waals surface area contributed by atoms with Crippen LogP contribution in [0.4, 0.5) is 0 Å². The zero-order valence-electron chi connectivity index (χ0n) is 16.0. The number of rotatable bonds is 7. The molecular formula is C19H25NO8. The Hall–Kier alpha value is -2.49. The topological polar surface area (TPSA) is 120 Å². The predicted molar refractivity (Wildman–Crippen MR) is 95.7 cm³/mol. The zero-order chi connectivity index (χ0) is 20.7. The van der Waals surface area contributed by atoms with Crippen molar-refractivity contribution in [2.24, 2.45) is 0 Å². The second-order valence-corrected chi connectivity index (χ2v) is 6.40. The number of hydrogen-bond donors (Lipinski definition) is 2. The summed E-state index contributed by atoms with van der Waals surface area (Å²) in [5, 5.41) is 12.3. The van der Waals surface area contributed by atoms with Crippen LogP contribution < -0.4 is 5.32 Å². The van der Waals surface area contributed by atoms with Crippen molar-refractivity contribution in [3.8, 4) is 0 Å². The van der Waals surface area contributed by atoms with Crippen LogP contribution in [0.1, 0.15) is 26.3 Å². The van der Waals surface area contributed by atoms with Gasteiger partial charge in [-0.2, -0.15) is 0 Å². The molecule has 1 aliphatic rings. The third-order valence-corrected chi connectivity index (χ3v) is 4.06. The molecule has 1 saturated heterocycles. The van der Waals surface area contributed by atoms with E-state index in [0.29, 0.717) is 0 Å². The van der Waals surface area contributed by atoms with Gasteiger partial charge >= 0.3 is 11.9 Å². The maximum atomic E-state index is 11.7. The first-order valence-electron chi connectivity index (χ1n) is 8.85. The molecule has 1 fully saturated rings. The Balaban J connectivity index is 2.29. The van der Waals surface area contributed by atoms with Crippen LogP contribution >= 0.6 is 0 Å². The van der Waals surface area contributed by atoms with E-state index in [2.05, 4.69) is 5.32 Å². The van der Waals surface area contributed by atoms with Crippen LogP contribution in [0.15, 0.2) is 30.3 Å². The van der Waals surface area contributed by atoms with Crippen molar-refractivity contribution in [3.63, 3.8) is 0 Å². The van der Waals surface area contributed by atoms with Crippen LogP contribution in [0, 0.1) is 0 Å². The van der Waals surface area contributed by atoms with Crippen molar-refractivity contribution in [2.75, 3.05) is 6.61 Å². The van der Waals surface area contributed by atoms with Gasteiger partial charge in [-0.25, -0.2) is 0 Å². The lowest BCUT2D eigenvalue weighted by atomic mass is 9.96. The molecule has 0 spiro atoms. The van der Waals surface area contributed by atoms with Gasteiger partial charge < -0.3 is 29.4 Å². The van der Waals surface area contributed by atoms with Gasteiger partial charge in [-0.15, -0.1) is 0 Å². The number of carbonyl (C=O) groups excluding carboxylic acids is 3. The Morgan fingerprint density at radius 3 is 2.18 bits per heavy atom. The molecule has 154 valence electrons. The van der Waals surface area contributed by atoms with Gasteiger partial charge in [-0.1, -0.05) is 30.3 Å². The van der Waals surface area contributed by atoms with E-state index in [4.69, 9.17) is 18.9 Å². The van der Waals surface area contributed by atoms with Crippen LogP contribution in [0.2, 0.25) is 0 Å². The van der Waals surface area contributed by atoms with E-state index >= 15 is 0 Å². The molecule has 2 N–H and O–H groups in total. The minimum absolute atomic E-state index is 0.158. The number of carbonyl (C=O) groups is 3. The molecule has 1 amide bonds. The molecule has 5 atom stereocenters. The Morgan fingerprint density at radius 1 is 1.04 bits per heavy atom. The number of amides is 1. The largest absolute Gasteiger partial charge is 0.456 e. The molecule has 1 heterocycles. The van der Waals surface area contributed by atoms with E-state index in [1.807, 2.05) is 30.3 Å². The van der Waals surface area contributed by atoms with Gasteiger partial charge in [0.25, 0.3) is 0 Å². The molecule has 0 radical (unpaired) electrons. The molecule has 0 unspecified atom stereocenters. The molecule has 2 rings (SSSR count). The minimum Gasteiger partial charge on any atom is -0.456 e. The average molecular weight is 395 g/mol. The van der Waals surface area contributed by atoms with Crippen molar-refractivity contribution in [1.82, 2.24) is 5.32 Å². The number of ether oxygens (including phenoxy) is 4. The lowest BCUT2D eigenvalue weighted by Gasteiger charge is -2.44. The van der Waals surface area contributed by atoms with E-state index < -0.39 is 55.1 Å². The van der Waals surface area contributed by atoms with Gasteiger partial charge in [0.05, 0.1) is 13.2 Å². The molecule has 0 bridgehead atoms. The summed E-state index contributed by atoms with van der Waals surface area (Å²) in [5.74, 6) is -1.70. The van der Waals surface area contributed by atoms with Crippen LogP contribution in [0.5, 0.6) is 0 Å². The maximum Gasteiger partial charge on any atom is 0.303 e. The molecule has 9 heteroatoms. The van der Waals surface area contributed by atoms with Crippen LogP contribution in [0.3, 0.4) is 0 Å². The number of aliphatic hydroxyl groups is 1. The summed E-state index contributed by atoms with van der Waals surface area (Å²) in [4.78, 5) is 34.9. The summed E-state index contributed by atoms with van der Waals surface area (Å²) in [6.45, 7) is 3.32. The average Bonchev–Trinajstić information content (AvgIpc) is 2.63. The fourth-order valence-electron chi connectivity index (χ4n) is 3.00. The summed E-state index contributed by atoms with van der Waals surface area (Å²) in [6, 6.07) is 8.32. The van der Waals surface area contributed by atoms with Crippen LogP contribution in [0.25, 0.3) is 0 Å².